The van der Waals surface area contributed by atoms with E-state index >= 15 is 0 Å². The van der Waals surface area contributed by atoms with E-state index in [1.807, 2.05) is 0 Å². The van der Waals surface area contributed by atoms with Crippen molar-refractivity contribution >= 4 is 51.2 Å². The van der Waals surface area contributed by atoms with E-state index in [1.165, 1.54) is 37.5 Å². The van der Waals surface area contributed by atoms with Gasteiger partial charge in [-0.05, 0) is 88.6 Å². The second-order valence-electron chi connectivity index (χ2n) is 8.13. The van der Waals surface area contributed by atoms with Gasteiger partial charge in [0, 0.05) is 12.1 Å². The molecule has 0 bridgehead atoms. The maximum Gasteiger partial charge on any atom is 0.335 e. The van der Waals surface area contributed by atoms with Crippen molar-refractivity contribution in [1.82, 2.24) is 5.32 Å². The van der Waals surface area contributed by atoms with Crippen LogP contribution >= 0.6 is 15.9 Å². The molecular weight excluding hydrogens is 574 g/mol. The number of urea groups is 1. The van der Waals surface area contributed by atoms with E-state index in [9.17, 15) is 24.5 Å². The van der Waals surface area contributed by atoms with Gasteiger partial charge >= 0.3 is 6.03 Å². The molecule has 11 nitrogen and oxygen atoms in total. The number of methoxy groups -OCH3 is 1. The summed E-state index contributed by atoms with van der Waals surface area (Å²) in [5, 5.41) is 13.1. The number of nitrogens with zero attached hydrogens (tertiary/aromatic N) is 2. The van der Waals surface area contributed by atoms with Gasteiger partial charge in [-0.1, -0.05) is 0 Å². The first-order chi connectivity index (χ1) is 18.7. The number of hydrogen-bond donors (Lipinski definition) is 1. The number of barbiturate groups is 1. The first-order valence-electron chi connectivity index (χ1n) is 11.6. The van der Waals surface area contributed by atoms with Gasteiger partial charge in [0.1, 0.15) is 17.9 Å². The van der Waals surface area contributed by atoms with E-state index < -0.39 is 22.8 Å². The number of non-ortho nitro benzene ring substituents is 1. The second kappa shape index (κ2) is 11.8. The molecule has 1 heterocycles. The lowest BCUT2D eigenvalue weighted by atomic mass is 10.1. The molecule has 0 spiro atoms. The highest BCUT2D eigenvalue weighted by molar-refractivity contribution is 9.10. The number of hydrogen-bond acceptors (Lipinski definition) is 8. The monoisotopic (exact) mass is 595 g/mol. The smallest absolute Gasteiger partial charge is 0.335 e. The van der Waals surface area contributed by atoms with Gasteiger partial charge in [-0.3, -0.25) is 25.0 Å². The standard InChI is InChI=1S/C27H22BrN3O8/c1-3-38-23-14-17(13-22(28)24(23)39-15-16-4-6-19(7-5-16)31(35)36)12-21-25(32)29-27(34)30(26(21)33)18-8-10-20(37-2)11-9-18/h4-14H,3,15H2,1-2H3,(H,29,32,34)/b21-12+. The van der Waals surface area contributed by atoms with E-state index in [1.54, 1.807) is 43.3 Å². The van der Waals surface area contributed by atoms with Crippen LogP contribution < -0.4 is 24.4 Å². The summed E-state index contributed by atoms with van der Waals surface area (Å²) in [7, 11) is 1.49. The van der Waals surface area contributed by atoms with Crippen molar-refractivity contribution in [2.75, 3.05) is 18.6 Å². The normalized spacial score (nSPS) is 14.3. The van der Waals surface area contributed by atoms with Crippen LogP contribution in [0.4, 0.5) is 16.2 Å². The maximum atomic E-state index is 13.2. The summed E-state index contributed by atoms with van der Waals surface area (Å²) in [4.78, 5) is 49.6. The molecular formula is C27H22BrN3O8. The molecule has 0 radical (unpaired) electrons. The fraction of sp³-hybridized carbons (Fsp3) is 0.148. The average molecular weight is 596 g/mol. The zero-order valence-corrected chi connectivity index (χ0v) is 22.4. The third-order valence-electron chi connectivity index (χ3n) is 5.61. The minimum atomic E-state index is -0.863. The molecule has 0 aromatic heterocycles. The fourth-order valence-electron chi connectivity index (χ4n) is 3.73. The number of carbonyl (C=O) groups excluding carboxylic acids is 3. The van der Waals surface area contributed by atoms with Crippen molar-refractivity contribution in [1.29, 1.82) is 0 Å². The van der Waals surface area contributed by atoms with Crippen LogP contribution in [0.2, 0.25) is 0 Å². The Morgan fingerprint density at radius 1 is 1.03 bits per heavy atom. The molecule has 12 heteroatoms. The van der Waals surface area contributed by atoms with Crippen molar-refractivity contribution in [3.63, 3.8) is 0 Å². The summed E-state index contributed by atoms with van der Waals surface area (Å²) in [6.07, 6.45) is 1.36. The van der Waals surface area contributed by atoms with Gasteiger partial charge in [-0.15, -0.1) is 0 Å². The quantitative estimate of drug-likeness (QED) is 0.158. The Morgan fingerprint density at radius 2 is 1.72 bits per heavy atom. The Morgan fingerprint density at radius 3 is 2.33 bits per heavy atom. The number of nitrogens with one attached hydrogen (secondary N) is 1. The summed E-state index contributed by atoms with van der Waals surface area (Å²) in [6, 6.07) is 14.6. The summed E-state index contributed by atoms with van der Waals surface area (Å²) >= 11 is 3.45. The van der Waals surface area contributed by atoms with Gasteiger partial charge < -0.3 is 14.2 Å². The number of benzene rings is 3. The van der Waals surface area contributed by atoms with Gasteiger partial charge in [0.15, 0.2) is 11.5 Å². The number of ether oxygens (including phenoxy) is 3. The minimum Gasteiger partial charge on any atom is -0.497 e. The van der Waals surface area contributed by atoms with Gasteiger partial charge in [0.25, 0.3) is 17.5 Å². The molecule has 1 saturated heterocycles. The van der Waals surface area contributed by atoms with Crippen LogP contribution in [0.25, 0.3) is 6.08 Å². The van der Waals surface area contributed by atoms with Crippen molar-refractivity contribution in [2.45, 2.75) is 13.5 Å². The van der Waals surface area contributed by atoms with Crippen LogP contribution in [0, 0.1) is 10.1 Å². The number of nitro groups is 1. The molecule has 1 fully saturated rings. The molecule has 3 aromatic carbocycles. The third kappa shape index (κ3) is 6.07. The molecule has 4 rings (SSSR count). The minimum absolute atomic E-state index is 0.0270. The SMILES string of the molecule is CCOc1cc(/C=C2\C(=O)NC(=O)N(c3ccc(OC)cc3)C2=O)cc(Br)c1OCc1ccc([N+](=O)[O-])cc1. The van der Waals surface area contributed by atoms with E-state index in [4.69, 9.17) is 14.2 Å². The first-order valence-corrected chi connectivity index (χ1v) is 12.4. The van der Waals surface area contributed by atoms with Crippen molar-refractivity contribution in [2.24, 2.45) is 0 Å². The van der Waals surface area contributed by atoms with Crippen LogP contribution in [0.3, 0.4) is 0 Å². The Labute approximate surface area is 231 Å². The fourth-order valence-corrected chi connectivity index (χ4v) is 4.31. The molecule has 4 amide bonds. The molecule has 1 aliphatic heterocycles. The van der Waals surface area contributed by atoms with E-state index in [-0.39, 0.29) is 23.6 Å². The number of imide groups is 2. The molecule has 1 N–H and O–H groups in total. The maximum absolute atomic E-state index is 13.2. The Kier molecular flexibility index (Phi) is 8.25. The number of carbonyl (C=O) groups is 3. The zero-order chi connectivity index (χ0) is 28.1. The number of nitro benzene ring substituents is 1. The molecule has 0 saturated carbocycles. The Balaban J connectivity index is 1.62. The number of rotatable bonds is 9. The van der Waals surface area contributed by atoms with Gasteiger partial charge in [-0.25, -0.2) is 9.69 Å². The Hall–Kier alpha value is -4.71. The van der Waals surface area contributed by atoms with E-state index in [2.05, 4.69) is 21.2 Å². The lowest BCUT2D eigenvalue weighted by Crippen LogP contribution is -2.54. The van der Waals surface area contributed by atoms with E-state index in [0.717, 1.165) is 4.90 Å². The van der Waals surface area contributed by atoms with Crippen LogP contribution in [0.1, 0.15) is 18.1 Å². The molecule has 39 heavy (non-hydrogen) atoms. The molecule has 1 aliphatic rings. The molecule has 3 aromatic rings. The summed E-state index contributed by atoms with van der Waals surface area (Å²) in [6.45, 7) is 2.20. The number of amides is 4. The highest BCUT2D eigenvalue weighted by Gasteiger charge is 2.37. The summed E-state index contributed by atoms with van der Waals surface area (Å²) < 4.78 is 17.3. The van der Waals surface area contributed by atoms with E-state index in [0.29, 0.717) is 39.5 Å². The van der Waals surface area contributed by atoms with Gasteiger partial charge in [-0.2, -0.15) is 0 Å². The zero-order valence-electron chi connectivity index (χ0n) is 20.8. The van der Waals surface area contributed by atoms with Gasteiger partial charge in [0.2, 0.25) is 0 Å². The highest BCUT2D eigenvalue weighted by Crippen LogP contribution is 2.38. The topological polar surface area (TPSA) is 137 Å². The number of anilines is 1. The molecule has 0 unspecified atom stereocenters. The second-order valence-corrected chi connectivity index (χ2v) is 8.99. The van der Waals surface area contributed by atoms with Crippen LogP contribution in [-0.2, 0) is 16.2 Å². The first kappa shape index (κ1) is 27.3. The van der Waals surface area contributed by atoms with Crippen LogP contribution in [0.15, 0.2) is 70.7 Å². The van der Waals surface area contributed by atoms with Crippen molar-refractivity contribution < 1.29 is 33.5 Å². The number of halogens is 1. The molecule has 0 aliphatic carbocycles. The predicted octanol–water partition coefficient (Wildman–Crippen LogP) is 5.01. The van der Waals surface area contributed by atoms with Crippen molar-refractivity contribution in [3.05, 3.63) is 92.0 Å². The van der Waals surface area contributed by atoms with Crippen molar-refractivity contribution in [3.8, 4) is 17.2 Å². The van der Waals surface area contributed by atoms with Gasteiger partial charge in [0.05, 0.1) is 28.8 Å². The summed E-state index contributed by atoms with van der Waals surface area (Å²) in [5.74, 6) is -0.373. The van der Waals surface area contributed by atoms with Crippen LogP contribution in [0.5, 0.6) is 17.2 Å². The Bertz CT molecular complexity index is 1470. The largest absolute Gasteiger partial charge is 0.497 e. The third-order valence-corrected chi connectivity index (χ3v) is 6.19. The predicted molar refractivity (Wildman–Crippen MR) is 145 cm³/mol. The lowest BCUT2D eigenvalue weighted by Gasteiger charge is -2.26. The molecule has 0 atom stereocenters. The average Bonchev–Trinajstić information content (AvgIpc) is 2.91. The summed E-state index contributed by atoms with van der Waals surface area (Å²) in [5.41, 5.74) is 1.13. The molecule has 200 valence electrons. The lowest BCUT2D eigenvalue weighted by molar-refractivity contribution is -0.384. The van der Waals surface area contributed by atoms with Crippen LogP contribution in [-0.4, -0.2) is 36.5 Å². The highest BCUT2D eigenvalue weighted by atomic mass is 79.9.